The Balaban J connectivity index is 1.61. The molecule has 2 heterocycles. The van der Waals surface area contributed by atoms with Crippen LogP contribution in [0, 0.1) is 13.8 Å². The fourth-order valence-corrected chi connectivity index (χ4v) is 5.47. The summed E-state index contributed by atoms with van der Waals surface area (Å²) in [5, 5.41) is 0.416. The third kappa shape index (κ3) is 5.94. The van der Waals surface area contributed by atoms with Crippen LogP contribution in [0.1, 0.15) is 95.2 Å². The fraction of sp³-hybridized carbons (Fsp3) is 0.361. The standard InChI is InChI=1S/C36H39NO7/c1-6-8-10-18-42-28-16-13-25(21-30(28)41-5)32-31-33(38)27-19-22(3)23(4)20-29(27)44-34(31)35(39)37(32)26-14-11-24(12-15-26)36(40)43-17-9-7-2/h11-16,19-21,32H,6-10,17-18H2,1-5H3. The van der Waals surface area contributed by atoms with Gasteiger partial charge in [0.05, 0.1) is 42.9 Å². The van der Waals surface area contributed by atoms with Crippen LogP contribution in [-0.4, -0.2) is 32.2 Å². The molecule has 0 fully saturated rings. The van der Waals surface area contributed by atoms with E-state index in [1.165, 1.54) is 4.90 Å². The number of aryl methyl sites for hydroxylation is 2. The Labute approximate surface area is 257 Å². The topological polar surface area (TPSA) is 95.3 Å². The number of benzene rings is 3. The Kier molecular flexibility index (Phi) is 9.37. The van der Waals surface area contributed by atoms with Crippen LogP contribution < -0.4 is 19.8 Å². The van der Waals surface area contributed by atoms with E-state index in [1.54, 1.807) is 43.5 Å². The number of amides is 1. The van der Waals surface area contributed by atoms with Gasteiger partial charge in [-0.2, -0.15) is 0 Å². The van der Waals surface area contributed by atoms with Crippen LogP contribution in [0.3, 0.4) is 0 Å². The molecule has 8 heteroatoms. The molecule has 3 aromatic carbocycles. The van der Waals surface area contributed by atoms with Crippen molar-refractivity contribution in [1.82, 2.24) is 0 Å². The average Bonchev–Trinajstić information content (AvgIpc) is 3.32. The zero-order chi connectivity index (χ0) is 31.4. The number of esters is 1. The summed E-state index contributed by atoms with van der Waals surface area (Å²) in [5.74, 6) is 0.218. The van der Waals surface area contributed by atoms with E-state index in [1.807, 2.05) is 39.0 Å². The molecule has 1 aliphatic rings. The fourth-order valence-electron chi connectivity index (χ4n) is 5.47. The number of rotatable bonds is 12. The number of carbonyl (C=O) groups is 2. The summed E-state index contributed by atoms with van der Waals surface area (Å²) in [7, 11) is 1.56. The minimum Gasteiger partial charge on any atom is -0.493 e. The first-order valence-electron chi connectivity index (χ1n) is 15.3. The first-order valence-corrected chi connectivity index (χ1v) is 15.3. The Morgan fingerprint density at radius 3 is 2.30 bits per heavy atom. The highest BCUT2D eigenvalue weighted by atomic mass is 16.5. The molecule has 0 bridgehead atoms. The number of anilines is 1. The van der Waals surface area contributed by atoms with Crippen LogP contribution in [0.2, 0.25) is 0 Å². The van der Waals surface area contributed by atoms with Crippen molar-refractivity contribution in [3.05, 3.63) is 98.4 Å². The summed E-state index contributed by atoms with van der Waals surface area (Å²) < 4.78 is 23.2. The Bertz CT molecular complexity index is 1740. The number of methoxy groups -OCH3 is 1. The summed E-state index contributed by atoms with van der Waals surface area (Å²) in [5.41, 5.74) is 3.81. The number of hydrogen-bond donors (Lipinski definition) is 0. The normalized spacial score (nSPS) is 14.2. The molecule has 1 amide bonds. The number of nitrogens with zero attached hydrogens (tertiary/aromatic N) is 1. The second-order valence-electron chi connectivity index (χ2n) is 11.2. The van der Waals surface area contributed by atoms with Gasteiger partial charge in [-0.25, -0.2) is 4.79 Å². The van der Waals surface area contributed by atoms with Gasteiger partial charge < -0.3 is 18.6 Å². The first-order chi connectivity index (χ1) is 21.3. The highest BCUT2D eigenvalue weighted by molar-refractivity contribution is 6.11. The summed E-state index contributed by atoms with van der Waals surface area (Å²) in [4.78, 5) is 42.3. The average molecular weight is 598 g/mol. The van der Waals surface area contributed by atoms with Gasteiger partial charge in [-0.3, -0.25) is 14.5 Å². The lowest BCUT2D eigenvalue weighted by atomic mass is 9.96. The molecule has 5 rings (SSSR count). The van der Waals surface area contributed by atoms with Gasteiger partial charge in [0.25, 0.3) is 5.91 Å². The third-order valence-corrected chi connectivity index (χ3v) is 8.11. The van der Waals surface area contributed by atoms with E-state index in [9.17, 15) is 14.4 Å². The molecule has 4 aromatic rings. The molecular formula is C36H39NO7. The van der Waals surface area contributed by atoms with E-state index in [0.29, 0.717) is 52.5 Å². The van der Waals surface area contributed by atoms with Crippen molar-refractivity contribution < 1.29 is 28.2 Å². The van der Waals surface area contributed by atoms with Crippen molar-refractivity contribution in [2.75, 3.05) is 25.2 Å². The Morgan fingerprint density at radius 1 is 0.864 bits per heavy atom. The first kappa shape index (κ1) is 30.9. The SMILES string of the molecule is CCCCCOc1ccc(C2c3c(oc4cc(C)c(C)cc4c3=O)C(=O)N2c2ccc(C(=O)OCCCC)cc2)cc1OC. The number of carbonyl (C=O) groups excluding carboxylic acids is 2. The quantitative estimate of drug-likeness (QED) is 0.122. The molecule has 0 saturated carbocycles. The van der Waals surface area contributed by atoms with E-state index >= 15 is 0 Å². The number of ether oxygens (including phenoxy) is 3. The summed E-state index contributed by atoms with van der Waals surface area (Å²) >= 11 is 0. The Hall–Kier alpha value is -4.59. The molecule has 8 nitrogen and oxygen atoms in total. The predicted molar refractivity (Wildman–Crippen MR) is 170 cm³/mol. The molecule has 1 unspecified atom stereocenters. The lowest BCUT2D eigenvalue weighted by Crippen LogP contribution is -2.29. The molecule has 1 atom stereocenters. The lowest BCUT2D eigenvalue weighted by molar-refractivity contribution is 0.0499. The maximum atomic E-state index is 14.1. The maximum Gasteiger partial charge on any atom is 0.338 e. The molecule has 0 aliphatic carbocycles. The minimum absolute atomic E-state index is 0.00216. The van der Waals surface area contributed by atoms with Gasteiger partial charge in [-0.1, -0.05) is 39.2 Å². The molecule has 0 saturated heterocycles. The highest BCUT2D eigenvalue weighted by Gasteiger charge is 2.44. The van der Waals surface area contributed by atoms with E-state index in [-0.39, 0.29) is 16.8 Å². The van der Waals surface area contributed by atoms with Gasteiger partial charge in [-0.15, -0.1) is 0 Å². The van der Waals surface area contributed by atoms with E-state index < -0.39 is 17.9 Å². The van der Waals surface area contributed by atoms with Gasteiger partial charge in [0.2, 0.25) is 5.76 Å². The van der Waals surface area contributed by atoms with Crippen molar-refractivity contribution >= 4 is 28.5 Å². The number of hydrogen-bond acceptors (Lipinski definition) is 7. The molecular weight excluding hydrogens is 558 g/mol. The number of unbranched alkanes of at least 4 members (excludes halogenated alkanes) is 3. The second kappa shape index (κ2) is 13.4. The van der Waals surface area contributed by atoms with Crippen molar-refractivity contribution in [3.63, 3.8) is 0 Å². The summed E-state index contributed by atoms with van der Waals surface area (Å²) in [6.07, 6.45) is 4.78. The second-order valence-corrected chi connectivity index (χ2v) is 11.2. The van der Waals surface area contributed by atoms with Crippen LogP contribution in [0.5, 0.6) is 11.5 Å². The highest BCUT2D eigenvalue weighted by Crippen LogP contribution is 2.43. The zero-order valence-electron chi connectivity index (χ0n) is 26.0. The molecule has 1 aromatic heterocycles. The lowest BCUT2D eigenvalue weighted by Gasteiger charge is -2.26. The molecule has 230 valence electrons. The van der Waals surface area contributed by atoms with Crippen LogP contribution in [0.4, 0.5) is 5.69 Å². The van der Waals surface area contributed by atoms with Gasteiger partial charge >= 0.3 is 5.97 Å². The maximum absolute atomic E-state index is 14.1. The van der Waals surface area contributed by atoms with Crippen LogP contribution in [-0.2, 0) is 4.74 Å². The smallest absolute Gasteiger partial charge is 0.338 e. The van der Waals surface area contributed by atoms with Gasteiger partial charge in [0.1, 0.15) is 5.58 Å². The monoisotopic (exact) mass is 597 g/mol. The molecule has 1 aliphatic heterocycles. The number of fused-ring (bicyclic) bond motifs is 2. The molecule has 0 radical (unpaired) electrons. The van der Waals surface area contributed by atoms with Crippen molar-refractivity contribution in [2.45, 2.75) is 65.8 Å². The van der Waals surface area contributed by atoms with E-state index in [0.717, 1.165) is 43.2 Å². The molecule has 0 spiro atoms. The van der Waals surface area contributed by atoms with Crippen molar-refractivity contribution in [2.24, 2.45) is 0 Å². The van der Waals surface area contributed by atoms with Crippen LogP contribution >= 0.6 is 0 Å². The largest absolute Gasteiger partial charge is 0.493 e. The van der Waals surface area contributed by atoms with Crippen LogP contribution in [0.15, 0.2) is 63.8 Å². The minimum atomic E-state index is -0.801. The molecule has 0 N–H and O–H groups in total. The van der Waals surface area contributed by atoms with E-state index in [2.05, 4.69) is 6.92 Å². The van der Waals surface area contributed by atoms with Gasteiger partial charge in [0, 0.05) is 5.69 Å². The molecule has 44 heavy (non-hydrogen) atoms. The zero-order valence-corrected chi connectivity index (χ0v) is 26.0. The van der Waals surface area contributed by atoms with Crippen molar-refractivity contribution in [3.8, 4) is 11.5 Å². The van der Waals surface area contributed by atoms with Gasteiger partial charge in [0.15, 0.2) is 16.9 Å². The summed E-state index contributed by atoms with van der Waals surface area (Å²) in [6.45, 7) is 8.94. The Morgan fingerprint density at radius 2 is 1.59 bits per heavy atom. The summed E-state index contributed by atoms with van der Waals surface area (Å²) in [6, 6.07) is 14.9. The predicted octanol–water partition coefficient (Wildman–Crippen LogP) is 7.69. The third-order valence-electron chi connectivity index (χ3n) is 8.11. The van der Waals surface area contributed by atoms with E-state index in [4.69, 9.17) is 18.6 Å². The van der Waals surface area contributed by atoms with Gasteiger partial charge in [-0.05, 0) is 91.9 Å². The van der Waals surface area contributed by atoms with Crippen LogP contribution in [0.25, 0.3) is 11.0 Å². The van der Waals surface area contributed by atoms with Crippen molar-refractivity contribution in [1.29, 1.82) is 0 Å².